The van der Waals surface area contributed by atoms with E-state index in [9.17, 15) is 14.7 Å². The fourth-order valence-electron chi connectivity index (χ4n) is 5.34. The lowest BCUT2D eigenvalue weighted by Gasteiger charge is -2.22. The average molecular weight is 712 g/mol. The lowest BCUT2D eigenvalue weighted by Crippen LogP contribution is -2.29. The molecule has 1 aliphatic heterocycles. The second kappa shape index (κ2) is 15.7. The van der Waals surface area contributed by atoms with Gasteiger partial charge in [-0.1, -0.05) is 102 Å². The Morgan fingerprint density at radius 2 is 1.63 bits per heavy atom. The molecule has 0 saturated carbocycles. The van der Waals surface area contributed by atoms with Crippen molar-refractivity contribution in [3.63, 3.8) is 0 Å². The third-order valence-electron chi connectivity index (χ3n) is 7.90. The number of benzene rings is 4. The van der Waals surface area contributed by atoms with Gasteiger partial charge in [0.15, 0.2) is 4.34 Å². The van der Waals surface area contributed by atoms with Crippen molar-refractivity contribution in [1.82, 2.24) is 10.2 Å². The summed E-state index contributed by atoms with van der Waals surface area (Å²) in [6, 6.07) is 28.7. The van der Waals surface area contributed by atoms with Crippen LogP contribution >= 0.6 is 34.7 Å². The van der Waals surface area contributed by atoms with Crippen LogP contribution in [-0.4, -0.2) is 33.6 Å². The predicted molar refractivity (Wildman–Crippen MR) is 195 cm³/mol. The van der Waals surface area contributed by atoms with Crippen LogP contribution < -0.4 is 14.4 Å². The SMILES string of the molecule is CCCCOc1ccc(C2/C(=C(\O)c3ccc(OCc4cccc(C)c4)cc3)C(=O)C(=O)N2c2nnc(SCc3ccc(Cl)cc3)s2)cc1. The molecule has 8 nitrogen and oxygen atoms in total. The Morgan fingerprint density at radius 1 is 0.918 bits per heavy atom. The molecule has 49 heavy (non-hydrogen) atoms. The zero-order chi connectivity index (χ0) is 34.3. The molecule has 0 bridgehead atoms. The van der Waals surface area contributed by atoms with Crippen molar-refractivity contribution in [2.45, 2.75) is 49.4 Å². The number of unbranched alkanes of at least 4 members (excludes halogenated alkanes) is 1. The smallest absolute Gasteiger partial charge is 0.301 e. The minimum atomic E-state index is -0.941. The average Bonchev–Trinajstić information content (AvgIpc) is 3.69. The molecule has 11 heteroatoms. The number of aromatic nitrogens is 2. The monoisotopic (exact) mass is 711 g/mol. The molecule has 1 aromatic heterocycles. The lowest BCUT2D eigenvalue weighted by molar-refractivity contribution is -0.132. The zero-order valence-corrected chi connectivity index (χ0v) is 29.4. The Bertz CT molecular complexity index is 1960. The number of anilines is 1. The van der Waals surface area contributed by atoms with Crippen LogP contribution in [0.15, 0.2) is 107 Å². The number of thioether (sulfide) groups is 1. The van der Waals surface area contributed by atoms with Gasteiger partial charge >= 0.3 is 5.91 Å². The Labute approximate surface area is 298 Å². The number of hydrogen-bond acceptors (Lipinski definition) is 9. The van der Waals surface area contributed by atoms with Crippen molar-refractivity contribution in [3.8, 4) is 11.5 Å². The molecule has 0 aliphatic carbocycles. The summed E-state index contributed by atoms with van der Waals surface area (Å²) in [4.78, 5) is 28.7. The fourth-order valence-corrected chi connectivity index (χ4v) is 7.29. The molecule has 5 aromatic rings. The lowest BCUT2D eigenvalue weighted by atomic mass is 9.95. The summed E-state index contributed by atoms with van der Waals surface area (Å²) < 4.78 is 12.4. The van der Waals surface area contributed by atoms with Crippen molar-refractivity contribution in [2.75, 3.05) is 11.5 Å². The first-order valence-corrected chi connectivity index (χ1v) is 18.0. The van der Waals surface area contributed by atoms with Gasteiger partial charge in [-0.25, -0.2) is 0 Å². The van der Waals surface area contributed by atoms with Crippen LogP contribution in [0.3, 0.4) is 0 Å². The highest BCUT2D eigenvalue weighted by Crippen LogP contribution is 2.44. The number of aryl methyl sites for hydroxylation is 1. The number of rotatable bonds is 13. The Balaban J connectivity index is 1.29. The second-order valence-corrected chi connectivity index (χ2v) is 14.1. The number of amides is 1. The van der Waals surface area contributed by atoms with E-state index in [2.05, 4.69) is 23.2 Å². The van der Waals surface area contributed by atoms with Crippen LogP contribution in [0.4, 0.5) is 5.13 Å². The van der Waals surface area contributed by atoms with E-state index in [0.29, 0.717) is 51.0 Å². The molecule has 1 aliphatic rings. The number of hydrogen-bond donors (Lipinski definition) is 1. The summed E-state index contributed by atoms with van der Waals surface area (Å²) in [5, 5.41) is 21.2. The number of ketones is 1. The molecule has 2 heterocycles. The Hall–Kier alpha value is -4.64. The zero-order valence-electron chi connectivity index (χ0n) is 27.0. The van der Waals surface area contributed by atoms with E-state index in [0.717, 1.165) is 29.5 Å². The third kappa shape index (κ3) is 8.16. The number of aliphatic hydroxyl groups is 1. The van der Waals surface area contributed by atoms with E-state index in [1.807, 2.05) is 49.4 Å². The van der Waals surface area contributed by atoms with Crippen LogP contribution in [-0.2, 0) is 21.9 Å². The number of aliphatic hydroxyl groups excluding tert-OH is 1. The van der Waals surface area contributed by atoms with E-state index in [-0.39, 0.29) is 16.5 Å². The van der Waals surface area contributed by atoms with Gasteiger partial charge in [-0.2, -0.15) is 0 Å². The number of carbonyl (C=O) groups is 2. The number of carbonyl (C=O) groups excluding carboxylic acids is 2. The van der Waals surface area contributed by atoms with Gasteiger partial charge < -0.3 is 14.6 Å². The Morgan fingerprint density at radius 3 is 2.35 bits per heavy atom. The molecule has 1 atom stereocenters. The normalized spacial score (nSPS) is 15.5. The molecule has 0 radical (unpaired) electrons. The minimum Gasteiger partial charge on any atom is -0.507 e. The van der Waals surface area contributed by atoms with E-state index in [1.54, 1.807) is 48.5 Å². The first kappa shape index (κ1) is 34.2. The summed E-state index contributed by atoms with van der Waals surface area (Å²) in [6.07, 6.45) is 1.93. The Kier molecular flexibility index (Phi) is 11.0. The van der Waals surface area contributed by atoms with Crippen LogP contribution in [0.5, 0.6) is 11.5 Å². The highest BCUT2D eigenvalue weighted by molar-refractivity contribution is 8.00. The molecule has 1 amide bonds. The first-order chi connectivity index (χ1) is 23.8. The topological polar surface area (TPSA) is 102 Å². The number of Topliss-reactive ketones (excluding diaryl/α,β-unsaturated/α-hetero) is 1. The summed E-state index contributed by atoms with van der Waals surface area (Å²) in [6.45, 7) is 5.09. The highest BCUT2D eigenvalue weighted by atomic mass is 35.5. The predicted octanol–water partition coefficient (Wildman–Crippen LogP) is 9.18. The first-order valence-electron chi connectivity index (χ1n) is 15.8. The van der Waals surface area contributed by atoms with Crippen LogP contribution in [0.1, 0.15) is 53.6 Å². The van der Waals surface area contributed by atoms with Gasteiger partial charge in [0.25, 0.3) is 5.78 Å². The summed E-state index contributed by atoms with van der Waals surface area (Å²) in [7, 11) is 0. The molecule has 4 aromatic carbocycles. The van der Waals surface area contributed by atoms with E-state index < -0.39 is 17.7 Å². The molecule has 250 valence electrons. The van der Waals surface area contributed by atoms with Gasteiger partial charge in [0.05, 0.1) is 18.2 Å². The van der Waals surface area contributed by atoms with Gasteiger partial charge in [0, 0.05) is 16.3 Å². The standard InChI is InChI=1S/C38H34ClN3O5S2/c1-3-4-20-46-30-16-10-27(11-17-30)33-32(34(43)28-12-18-31(19-13-28)47-22-26-7-5-6-24(2)21-26)35(44)36(45)42(33)37-40-41-38(49-37)48-23-25-8-14-29(39)15-9-25/h5-19,21,33,43H,3-4,20,22-23H2,1-2H3/b34-32+. The van der Waals surface area contributed by atoms with E-state index in [4.69, 9.17) is 21.1 Å². The van der Waals surface area contributed by atoms with Crippen LogP contribution in [0, 0.1) is 6.92 Å². The van der Waals surface area contributed by atoms with Gasteiger partial charge in [-0.3, -0.25) is 14.5 Å². The van der Waals surface area contributed by atoms with E-state index >= 15 is 0 Å². The second-order valence-electron chi connectivity index (χ2n) is 11.5. The molecule has 1 unspecified atom stereocenters. The number of ether oxygens (including phenoxy) is 2. The largest absolute Gasteiger partial charge is 0.507 e. The maximum absolute atomic E-state index is 13.7. The van der Waals surface area contributed by atoms with Gasteiger partial charge in [-0.15, -0.1) is 10.2 Å². The molecular weight excluding hydrogens is 678 g/mol. The third-order valence-corrected chi connectivity index (χ3v) is 10.3. The quantitative estimate of drug-likeness (QED) is 0.0322. The van der Waals surface area contributed by atoms with Crippen LogP contribution in [0.25, 0.3) is 5.76 Å². The van der Waals surface area contributed by atoms with Crippen molar-refractivity contribution in [1.29, 1.82) is 0 Å². The van der Waals surface area contributed by atoms with Gasteiger partial charge in [0.2, 0.25) is 5.13 Å². The summed E-state index contributed by atoms with van der Waals surface area (Å²) >= 11 is 8.70. The maximum Gasteiger partial charge on any atom is 0.301 e. The fraction of sp³-hybridized carbons (Fsp3) is 0.211. The van der Waals surface area contributed by atoms with Crippen LogP contribution in [0.2, 0.25) is 5.02 Å². The van der Waals surface area contributed by atoms with E-state index in [1.165, 1.54) is 28.0 Å². The van der Waals surface area contributed by atoms with Gasteiger partial charge in [0.1, 0.15) is 23.9 Å². The molecule has 1 saturated heterocycles. The number of nitrogens with zero attached hydrogens (tertiary/aromatic N) is 3. The van der Waals surface area contributed by atoms with Gasteiger partial charge in [-0.05, 0) is 78.6 Å². The minimum absolute atomic E-state index is 0.0383. The maximum atomic E-state index is 13.7. The summed E-state index contributed by atoms with van der Waals surface area (Å²) in [5.41, 5.74) is 4.20. The highest BCUT2D eigenvalue weighted by Gasteiger charge is 2.48. The van der Waals surface area contributed by atoms with Crippen molar-refractivity contribution >= 4 is 57.3 Å². The van der Waals surface area contributed by atoms with Crippen molar-refractivity contribution < 1.29 is 24.2 Å². The molecule has 0 spiro atoms. The van der Waals surface area contributed by atoms with Crippen molar-refractivity contribution in [2.24, 2.45) is 0 Å². The number of halogens is 1. The van der Waals surface area contributed by atoms with Crippen molar-refractivity contribution in [3.05, 3.63) is 135 Å². The molecule has 1 fully saturated rings. The molecule has 6 rings (SSSR count). The molecular formula is C38H34ClN3O5S2. The molecule has 1 N–H and O–H groups in total. The summed E-state index contributed by atoms with van der Waals surface area (Å²) in [5.74, 6) is 0.00665.